The standard InChI is InChI=1S/C17H20ClN/c1-2-15(13-8-4-3-5-9-13)17(19)12-14-10-6-7-11-16(14)18/h3-11,15,17H,2,12,19H2,1H3. The minimum atomic E-state index is 0.0901. The molecule has 2 atom stereocenters. The number of halogens is 1. The highest BCUT2D eigenvalue weighted by molar-refractivity contribution is 6.31. The van der Waals surface area contributed by atoms with Gasteiger partial charge in [-0.05, 0) is 36.0 Å². The lowest BCUT2D eigenvalue weighted by Gasteiger charge is -2.23. The average Bonchev–Trinajstić information content (AvgIpc) is 2.43. The van der Waals surface area contributed by atoms with Crippen LogP contribution >= 0.6 is 11.6 Å². The summed E-state index contributed by atoms with van der Waals surface area (Å²) in [7, 11) is 0. The lowest BCUT2D eigenvalue weighted by Crippen LogP contribution is -2.30. The molecule has 2 N–H and O–H groups in total. The first-order valence-electron chi connectivity index (χ1n) is 6.76. The quantitative estimate of drug-likeness (QED) is 0.858. The summed E-state index contributed by atoms with van der Waals surface area (Å²) in [4.78, 5) is 0. The van der Waals surface area contributed by atoms with Crippen molar-refractivity contribution in [1.82, 2.24) is 0 Å². The predicted molar refractivity (Wildman–Crippen MR) is 82.6 cm³/mol. The van der Waals surface area contributed by atoms with Gasteiger partial charge >= 0.3 is 0 Å². The third kappa shape index (κ3) is 3.59. The first-order chi connectivity index (χ1) is 9.22. The Morgan fingerprint density at radius 2 is 1.63 bits per heavy atom. The van der Waals surface area contributed by atoms with Gasteiger partial charge in [0.25, 0.3) is 0 Å². The van der Waals surface area contributed by atoms with Crippen LogP contribution in [0.5, 0.6) is 0 Å². The molecule has 2 aromatic rings. The van der Waals surface area contributed by atoms with Crippen molar-refractivity contribution in [2.45, 2.75) is 31.7 Å². The van der Waals surface area contributed by atoms with Gasteiger partial charge in [-0.25, -0.2) is 0 Å². The second-order valence-electron chi connectivity index (χ2n) is 4.88. The minimum absolute atomic E-state index is 0.0901. The summed E-state index contributed by atoms with van der Waals surface area (Å²) >= 11 is 6.21. The van der Waals surface area contributed by atoms with Crippen LogP contribution in [0.1, 0.15) is 30.4 Å². The van der Waals surface area contributed by atoms with Crippen molar-refractivity contribution < 1.29 is 0 Å². The Hall–Kier alpha value is -1.31. The van der Waals surface area contributed by atoms with Crippen LogP contribution in [0.4, 0.5) is 0 Å². The Labute approximate surface area is 120 Å². The summed E-state index contributed by atoms with van der Waals surface area (Å²) in [6, 6.07) is 18.5. The topological polar surface area (TPSA) is 26.0 Å². The van der Waals surface area contributed by atoms with Crippen molar-refractivity contribution in [2.75, 3.05) is 0 Å². The van der Waals surface area contributed by atoms with E-state index in [1.54, 1.807) is 0 Å². The molecule has 2 unspecified atom stereocenters. The molecular weight excluding hydrogens is 254 g/mol. The molecule has 0 aliphatic carbocycles. The fourth-order valence-corrected chi connectivity index (χ4v) is 2.76. The fraction of sp³-hybridized carbons (Fsp3) is 0.294. The second kappa shape index (κ2) is 6.74. The smallest absolute Gasteiger partial charge is 0.0438 e. The molecule has 0 heterocycles. The Morgan fingerprint density at radius 3 is 2.26 bits per heavy atom. The maximum atomic E-state index is 6.40. The van der Waals surface area contributed by atoms with E-state index in [1.165, 1.54) is 5.56 Å². The lowest BCUT2D eigenvalue weighted by atomic mass is 9.86. The summed E-state index contributed by atoms with van der Waals surface area (Å²) in [6.45, 7) is 2.18. The Bertz CT molecular complexity index is 510. The summed E-state index contributed by atoms with van der Waals surface area (Å²) in [5, 5.41) is 0.806. The monoisotopic (exact) mass is 273 g/mol. The van der Waals surface area contributed by atoms with Crippen molar-refractivity contribution in [1.29, 1.82) is 0 Å². The normalized spacial score (nSPS) is 14.1. The summed E-state index contributed by atoms with van der Waals surface area (Å²) in [5.41, 5.74) is 8.84. The second-order valence-corrected chi connectivity index (χ2v) is 5.29. The van der Waals surface area contributed by atoms with Crippen LogP contribution in [0.2, 0.25) is 5.02 Å². The predicted octanol–water partition coefficient (Wildman–Crippen LogP) is 4.40. The van der Waals surface area contributed by atoms with Gasteiger partial charge in [-0.2, -0.15) is 0 Å². The van der Waals surface area contributed by atoms with E-state index in [-0.39, 0.29) is 6.04 Å². The SMILES string of the molecule is CCC(c1ccccc1)C(N)Cc1ccccc1Cl. The summed E-state index contributed by atoms with van der Waals surface area (Å²) < 4.78 is 0. The van der Waals surface area contributed by atoms with Crippen LogP contribution in [0.15, 0.2) is 54.6 Å². The van der Waals surface area contributed by atoms with Crippen molar-refractivity contribution in [3.05, 3.63) is 70.7 Å². The number of benzene rings is 2. The molecule has 100 valence electrons. The van der Waals surface area contributed by atoms with Gasteiger partial charge in [0, 0.05) is 11.1 Å². The zero-order chi connectivity index (χ0) is 13.7. The molecule has 2 heteroatoms. The molecule has 0 aromatic heterocycles. The number of rotatable bonds is 5. The molecule has 0 spiro atoms. The molecule has 0 aliphatic rings. The van der Waals surface area contributed by atoms with E-state index in [9.17, 15) is 0 Å². The van der Waals surface area contributed by atoms with Gasteiger partial charge in [0.1, 0.15) is 0 Å². The Kier molecular flexibility index (Phi) is 5.00. The molecule has 0 saturated heterocycles. The molecule has 0 bridgehead atoms. The van der Waals surface area contributed by atoms with Crippen LogP contribution < -0.4 is 5.73 Å². The van der Waals surface area contributed by atoms with Gasteiger partial charge in [0.15, 0.2) is 0 Å². The average molecular weight is 274 g/mol. The molecular formula is C17H20ClN. The largest absolute Gasteiger partial charge is 0.327 e. The lowest BCUT2D eigenvalue weighted by molar-refractivity contribution is 0.515. The third-order valence-electron chi connectivity index (χ3n) is 3.60. The van der Waals surface area contributed by atoms with Gasteiger partial charge < -0.3 is 5.73 Å². The molecule has 0 fully saturated rings. The first-order valence-corrected chi connectivity index (χ1v) is 7.14. The minimum Gasteiger partial charge on any atom is -0.327 e. The Morgan fingerprint density at radius 1 is 1.00 bits per heavy atom. The molecule has 2 aromatic carbocycles. The van der Waals surface area contributed by atoms with Crippen LogP contribution in [-0.2, 0) is 6.42 Å². The van der Waals surface area contributed by atoms with E-state index in [4.69, 9.17) is 17.3 Å². The third-order valence-corrected chi connectivity index (χ3v) is 3.97. The van der Waals surface area contributed by atoms with E-state index in [1.807, 2.05) is 24.3 Å². The van der Waals surface area contributed by atoms with Crippen LogP contribution in [0.25, 0.3) is 0 Å². The number of hydrogen-bond donors (Lipinski definition) is 1. The van der Waals surface area contributed by atoms with E-state index in [0.29, 0.717) is 5.92 Å². The van der Waals surface area contributed by atoms with Crippen molar-refractivity contribution in [2.24, 2.45) is 5.73 Å². The highest BCUT2D eigenvalue weighted by Crippen LogP contribution is 2.26. The van der Waals surface area contributed by atoms with Crippen LogP contribution in [0, 0.1) is 0 Å². The van der Waals surface area contributed by atoms with Crippen LogP contribution in [0.3, 0.4) is 0 Å². The molecule has 1 nitrogen and oxygen atoms in total. The zero-order valence-corrected chi connectivity index (χ0v) is 12.0. The first kappa shape index (κ1) is 14.1. The van der Waals surface area contributed by atoms with Crippen molar-refractivity contribution >= 4 is 11.6 Å². The molecule has 0 amide bonds. The van der Waals surface area contributed by atoms with Crippen molar-refractivity contribution in [3.8, 4) is 0 Å². The summed E-state index contributed by atoms with van der Waals surface area (Å²) in [5.74, 6) is 0.373. The van der Waals surface area contributed by atoms with Gasteiger partial charge in [-0.15, -0.1) is 0 Å². The summed E-state index contributed by atoms with van der Waals surface area (Å²) in [6.07, 6.45) is 1.85. The van der Waals surface area contributed by atoms with E-state index < -0.39 is 0 Å². The van der Waals surface area contributed by atoms with E-state index in [0.717, 1.165) is 23.4 Å². The number of hydrogen-bond acceptors (Lipinski definition) is 1. The maximum absolute atomic E-state index is 6.40. The zero-order valence-electron chi connectivity index (χ0n) is 11.2. The highest BCUT2D eigenvalue weighted by atomic mass is 35.5. The number of nitrogens with two attached hydrogens (primary N) is 1. The Balaban J connectivity index is 2.14. The maximum Gasteiger partial charge on any atom is 0.0438 e. The molecule has 2 rings (SSSR count). The van der Waals surface area contributed by atoms with Gasteiger partial charge in [0.05, 0.1) is 0 Å². The van der Waals surface area contributed by atoms with Gasteiger partial charge in [0.2, 0.25) is 0 Å². The molecule has 0 saturated carbocycles. The molecule has 19 heavy (non-hydrogen) atoms. The van der Waals surface area contributed by atoms with Crippen molar-refractivity contribution in [3.63, 3.8) is 0 Å². The highest BCUT2D eigenvalue weighted by Gasteiger charge is 2.18. The fourth-order valence-electron chi connectivity index (χ4n) is 2.55. The molecule has 0 radical (unpaired) electrons. The van der Waals surface area contributed by atoms with E-state index >= 15 is 0 Å². The van der Waals surface area contributed by atoms with Crippen LogP contribution in [-0.4, -0.2) is 6.04 Å². The van der Waals surface area contributed by atoms with Gasteiger partial charge in [-0.3, -0.25) is 0 Å². The van der Waals surface area contributed by atoms with E-state index in [2.05, 4.69) is 37.3 Å². The molecule has 0 aliphatic heterocycles. The van der Waals surface area contributed by atoms with Gasteiger partial charge in [-0.1, -0.05) is 67.1 Å².